The average molecular weight is 204 g/mol. The lowest BCUT2D eigenvalue weighted by Crippen LogP contribution is -1.73. The van der Waals surface area contributed by atoms with Crippen molar-refractivity contribution in [2.75, 3.05) is 0 Å². The van der Waals surface area contributed by atoms with E-state index in [1.807, 2.05) is 44.2 Å². The van der Waals surface area contributed by atoms with Crippen LogP contribution in [0, 0.1) is 0 Å². The zero-order chi connectivity index (χ0) is 11.4. The van der Waals surface area contributed by atoms with Gasteiger partial charge in [-0.05, 0) is 13.8 Å². The topological polar surface area (TPSA) is 26.3 Å². The van der Waals surface area contributed by atoms with Gasteiger partial charge in [0.1, 0.15) is 6.29 Å². The Kier molecular flexibility index (Phi) is 9.00. The normalized spacial score (nSPS) is 9.73. The molecule has 0 aliphatic heterocycles. The molecule has 1 aromatic rings. The number of aldehydes is 1. The summed E-state index contributed by atoms with van der Waals surface area (Å²) in [5.41, 5.74) is 0.729. The number of rotatable bonds is 3. The van der Waals surface area contributed by atoms with Gasteiger partial charge >= 0.3 is 0 Å². The first-order valence-electron chi connectivity index (χ1n) is 4.73. The monoisotopic (exact) mass is 204 g/mol. The molecule has 0 aliphatic rings. The molecule has 0 radical (unpaired) electrons. The molecule has 0 bridgehead atoms. The molecular weight excluding hydrogens is 188 g/mol. The van der Waals surface area contributed by atoms with Crippen molar-refractivity contribution in [2.24, 2.45) is 0 Å². The van der Waals surface area contributed by atoms with Crippen molar-refractivity contribution in [1.82, 2.24) is 0 Å². The van der Waals surface area contributed by atoms with Crippen LogP contribution < -0.4 is 0 Å². The molecule has 0 atom stereocenters. The molecule has 0 amide bonds. The van der Waals surface area contributed by atoms with Gasteiger partial charge in [-0.2, -0.15) is 0 Å². The van der Waals surface area contributed by atoms with Gasteiger partial charge < -0.3 is 4.74 Å². The highest BCUT2D eigenvalue weighted by Gasteiger charge is 1.79. The predicted molar refractivity (Wildman–Crippen MR) is 62.5 cm³/mol. The summed E-state index contributed by atoms with van der Waals surface area (Å²) < 4.78 is 4.77. The van der Waals surface area contributed by atoms with Crippen molar-refractivity contribution in [3.63, 3.8) is 0 Å². The summed E-state index contributed by atoms with van der Waals surface area (Å²) in [5.74, 6) is 0. The molecule has 0 saturated carbocycles. The van der Waals surface area contributed by atoms with Crippen LogP contribution in [0.1, 0.15) is 24.2 Å². The second-order valence-electron chi connectivity index (χ2n) is 2.60. The number of allylic oxidation sites excluding steroid dienone is 2. The van der Waals surface area contributed by atoms with Crippen LogP contribution in [0.2, 0.25) is 0 Å². The molecule has 0 fully saturated rings. The standard InChI is InChI=1S/C7H6O.C6H10O/c8-6-7-4-2-1-3-5-7;1-3-5-7-6-4-2/h1-6H;3-6H,1-2H3. The van der Waals surface area contributed by atoms with Crippen molar-refractivity contribution < 1.29 is 9.53 Å². The molecule has 0 unspecified atom stereocenters. The number of benzene rings is 1. The summed E-state index contributed by atoms with van der Waals surface area (Å²) in [4.78, 5) is 10.0. The molecule has 80 valence electrons. The Morgan fingerprint density at radius 1 is 1.00 bits per heavy atom. The Morgan fingerprint density at radius 2 is 1.53 bits per heavy atom. The SMILES string of the molecule is CC=COC=CC.O=Cc1ccccc1. The Morgan fingerprint density at radius 3 is 1.87 bits per heavy atom. The van der Waals surface area contributed by atoms with E-state index >= 15 is 0 Å². The van der Waals surface area contributed by atoms with E-state index in [1.54, 1.807) is 24.7 Å². The molecule has 1 rings (SSSR count). The lowest BCUT2D eigenvalue weighted by molar-refractivity contribution is 0.112. The van der Waals surface area contributed by atoms with Crippen LogP contribution in [-0.2, 0) is 4.74 Å². The third-order valence-corrected chi connectivity index (χ3v) is 1.36. The molecular formula is C13H16O2. The lowest BCUT2D eigenvalue weighted by atomic mass is 10.2. The molecule has 2 heteroatoms. The number of carbonyl (C=O) groups excluding carboxylic acids is 1. The Bertz CT molecular complexity index is 290. The van der Waals surface area contributed by atoms with Gasteiger partial charge in [0.2, 0.25) is 0 Å². The number of hydrogen-bond acceptors (Lipinski definition) is 2. The molecule has 15 heavy (non-hydrogen) atoms. The predicted octanol–water partition coefficient (Wildman–Crippen LogP) is 3.57. The first kappa shape index (κ1) is 13.2. The van der Waals surface area contributed by atoms with E-state index in [-0.39, 0.29) is 0 Å². The van der Waals surface area contributed by atoms with Gasteiger partial charge in [0.25, 0.3) is 0 Å². The van der Waals surface area contributed by atoms with Gasteiger partial charge in [-0.15, -0.1) is 0 Å². The molecule has 1 aromatic carbocycles. The lowest BCUT2D eigenvalue weighted by Gasteiger charge is -1.82. The first-order valence-corrected chi connectivity index (χ1v) is 4.73. The maximum absolute atomic E-state index is 10.0. The first-order chi connectivity index (χ1) is 7.35. The molecule has 2 nitrogen and oxygen atoms in total. The summed E-state index contributed by atoms with van der Waals surface area (Å²) >= 11 is 0. The molecule has 0 N–H and O–H groups in total. The smallest absolute Gasteiger partial charge is 0.150 e. The zero-order valence-corrected chi connectivity index (χ0v) is 9.09. The van der Waals surface area contributed by atoms with Crippen molar-refractivity contribution in [2.45, 2.75) is 13.8 Å². The summed E-state index contributed by atoms with van der Waals surface area (Å²) in [5, 5.41) is 0. The van der Waals surface area contributed by atoms with Gasteiger partial charge in [0.15, 0.2) is 0 Å². The summed E-state index contributed by atoms with van der Waals surface area (Å²) in [6, 6.07) is 9.10. The molecule has 0 spiro atoms. The minimum absolute atomic E-state index is 0.729. The molecule has 0 saturated heterocycles. The third kappa shape index (κ3) is 8.50. The van der Waals surface area contributed by atoms with E-state index in [1.165, 1.54) is 0 Å². The van der Waals surface area contributed by atoms with Crippen LogP contribution in [-0.4, -0.2) is 6.29 Å². The minimum atomic E-state index is 0.729. The van der Waals surface area contributed by atoms with Crippen LogP contribution in [0.3, 0.4) is 0 Å². The van der Waals surface area contributed by atoms with Crippen molar-refractivity contribution in [3.8, 4) is 0 Å². The second-order valence-corrected chi connectivity index (χ2v) is 2.60. The van der Waals surface area contributed by atoms with E-state index in [9.17, 15) is 4.79 Å². The third-order valence-electron chi connectivity index (χ3n) is 1.36. The zero-order valence-electron chi connectivity index (χ0n) is 9.09. The Labute approximate surface area is 90.9 Å². The Balaban J connectivity index is 0.000000265. The number of carbonyl (C=O) groups is 1. The van der Waals surface area contributed by atoms with Gasteiger partial charge in [0.05, 0.1) is 12.5 Å². The van der Waals surface area contributed by atoms with E-state index in [2.05, 4.69) is 0 Å². The Hall–Kier alpha value is -1.83. The van der Waals surface area contributed by atoms with E-state index in [0.29, 0.717) is 0 Å². The van der Waals surface area contributed by atoms with Crippen LogP contribution >= 0.6 is 0 Å². The van der Waals surface area contributed by atoms with Gasteiger partial charge in [-0.3, -0.25) is 4.79 Å². The minimum Gasteiger partial charge on any atom is -0.473 e. The van der Waals surface area contributed by atoms with E-state index in [0.717, 1.165) is 11.8 Å². The maximum Gasteiger partial charge on any atom is 0.150 e. The van der Waals surface area contributed by atoms with Gasteiger partial charge in [-0.1, -0.05) is 42.5 Å². The maximum atomic E-state index is 10.0. The van der Waals surface area contributed by atoms with Crippen molar-refractivity contribution in [3.05, 3.63) is 60.6 Å². The fourth-order valence-electron chi connectivity index (χ4n) is 0.734. The van der Waals surface area contributed by atoms with Gasteiger partial charge in [0, 0.05) is 5.56 Å². The summed E-state index contributed by atoms with van der Waals surface area (Å²) in [7, 11) is 0. The van der Waals surface area contributed by atoms with E-state index < -0.39 is 0 Å². The van der Waals surface area contributed by atoms with Crippen LogP contribution in [0.4, 0.5) is 0 Å². The average Bonchev–Trinajstić information content (AvgIpc) is 2.32. The van der Waals surface area contributed by atoms with Gasteiger partial charge in [-0.25, -0.2) is 0 Å². The van der Waals surface area contributed by atoms with Crippen LogP contribution in [0.25, 0.3) is 0 Å². The number of ether oxygens (including phenoxy) is 1. The highest BCUT2D eigenvalue weighted by atomic mass is 16.5. The highest BCUT2D eigenvalue weighted by Crippen LogP contribution is 1.91. The van der Waals surface area contributed by atoms with Crippen molar-refractivity contribution in [1.29, 1.82) is 0 Å². The summed E-state index contributed by atoms with van der Waals surface area (Å²) in [6.07, 6.45) is 7.75. The van der Waals surface area contributed by atoms with E-state index in [4.69, 9.17) is 4.74 Å². The molecule has 0 heterocycles. The number of hydrogen-bond donors (Lipinski definition) is 0. The summed E-state index contributed by atoms with van der Waals surface area (Å²) in [6.45, 7) is 3.81. The largest absolute Gasteiger partial charge is 0.473 e. The fraction of sp³-hybridized carbons (Fsp3) is 0.154. The fourth-order valence-corrected chi connectivity index (χ4v) is 0.734. The quantitative estimate of drug-likeness (QED) is 0.555. The second kappa shape index (κ2) is 10.3. The molecule has 0 aromatic heterocycles. The van der Waals surface area contributed by atoms with Crippen molar-refractivity contribution >= 4 is 6.29 Å². The molecule has 0 aliphatic carbocycles. The van der Waals surface area contributed by atoms with Crippen LogP contribution in [0.5, 0.6) is 0 Å². The highest BCUT2D eigenvalue weighted by molar-refractivity contribution is 5.74. The van der Waals surface area contributed by atoms with Crippen LogP contribution in [0.15, 0.2) is 55.0 Å².